The van der Waals surface area contributed by atoms with E-state index < -0.39 is 0 Å². The smallest absolute Gasteiger partial charge is 0.309 e. The number of nitrogens with zero attached hydrogens (tertiary/aromatic N) is 3. The van der Waals surface area contributed by atoms with Gasteiger partial charge in [0.25, 0.3) is 0 Å². The molecule has 0 aromatic carbocycles. The number of rotatable bonds is 6. The van der Waals surface area contributed by atoms with Gasteiger partial charge in [0, 0.05) is 19.3 Å². The van der Waals surface area contributed by atoms with Gasteiger partial charge in [-0.3, -0.25) is 9.78 Å². The third-order valence-corrected chi connectivity index (χ3v) is 3.93. The van der Waals surface area contributed by atoms with E-state index in [-0.39, 0.29) is 18.0 Å². The first-order chi connectivity index (χ1) is 10.6. The van der Waals surface area contributed by atoms with E-state index in [4.69, 9.17) is 4.74 Å². The van der Waals surface area contributed by atoms with E-state index in [1.807, 2.05) is 6.92 Å². The van der Waals surface area contributed by atoms with E-state index in [2.05, 4.69) is 14.9 Å². The summed E-state index contributed by atoms with van der Waals surface area (Å²) in [5.74, 6) is 0.770. The topological polar surface area (TPSA) is 75.5 Å². The molecule has 122 valence electrons. The number of carbonyl (C=O) groups excluding carboxylic acids is 1. The number of hydrogen-bond acceptors (Lipinski definition) is 6. The molecule has 0 radical (unpaired) electrons. The average molecular weight is 307 g/mol. The van der Waals surface area contributed by atoms with Gasteiger partial charge in [0.15, 0.2) is 0 Å². The number of aliphatic hydroxyl groups is 1. The number of esters is 1. The molecule has 1 saturated heterocycles. The molecular formula is C16H25N3O3. The zero-order chi connectivity index (χ0) is 15.9. The molecule has 1 fully saturated rings. The number of carbonyl (C=O) groups is 1. The minimum atomic E-state index is -0.328. The van der Waals surface area contributed by atoms with E-state index in [0.717, 1.165) is 43.9 Å². The highest BCUT2D eigenvalue weighted by atomic mass is 16.5. The van der Waals surface area contributed by atoms with Gasteiger partial charge in [-0.15, -0.1) is 0 Å². The number of aryl methyl sites for hydroxylation is 1. The first-order valence-electron chi connectivity index (χ1n) is 8.00. The van der Waals surface area contributed by atoms with Crippen LogP contribution >= 0.6 is 0 Å². The highest BCUT2D eigenvalue weighted by Gasteiger charge is 2.26. The van der Waals surface area contributed by atoms with E-state index in [9.17, 15) is 9.90 Å². The fourth-order valence-corrected chi connectivity index (χ4v) is 2.63. The molecule has 0 aliphatic carbocycles. The Morgan fingerprint density at radius 2 is 2.18 bits per heavy atom. The molecule has 22 heavy (non-hydrogen) atoms. The first-order valence-corrected chi connectivity index (χ1v) is 8.00. The Morgan fingerprint density at radius 1 is 1.45 bits per heavy atom. The Balaban J connectivity index is 1.91. The van der Waals surface area contributed by atoms with Gasteiger partial charge < -0.3 is 14.7 Å². The highest BCUT2D eigenvalue weighted by molar-refractivity contribution is 5.72. The van der Waals surface area contributed by atoms with Crippen molar-refractivity contribution in [1.82, 2.24) is 9.97 Å². The van der Waals surface area contributed by atoms with Gasteiger partial charge in [0.1, 0.15) is 5.82 Å². The summed E-state index contributed by atoms with van der Waals surface area (Å²) < 4.78 is 5.09. The van der Waals surface area contributed by atoms with Crippen LogP contribution in [0.2, 0.25) is 0 Å². The fraction of sp³-hybridized carbons (Fsp3) is 0.688. The maximum absolute atomic E-state index is 11.8. The van der Waals surface area contributed by atoms with E-state index in [0.29, 0.717) is 13.0 Å². The van der Waals surface area contributed by atoms with E-state index in [1.54, 1.807) is 19.3 Å². The number of anilines is 1. The molecule has 2 heterocycles. The Hall–Kier alpha value is -1.69. The van der Waals surface area contributed by atoms with Crippen molar-refractivity contribution in [1.29, 1.82) is 0 Å². The largest absolute Gasteiger partial charge is 0.466 e. The van der Waals surface area contributed by atoms with Crippen LogP contribution in [0.3, 0.4) is 0 Å². The minimum absolute atomic E-state index is 0.00239. The number of ether oxygens (including phenoxy) is 1. The predicted molar refractivity (Wildman–Crippen MR) is 83.6 cm³/mol. The van der Waals surface area contributed by atoms with Crippen LogP contribution in [0, 0.1) is 5.92 Å². The molecule has 2 rings (SSSR count). The Labute approximate surface area is 131 Å². The molecule has 6 nitrogen and oxygen atoms in total. The van der Waals surface area contributed by atoms with Crippen LogP contribution in [0.4, 0.5) is 5.82 Å². The number of aliphatic hydroxyl groups excluding tert-OH is 1. The lowest BCUT2D eigenvalue weighted by Crippen LogP contribution is -2.37. The summed E-state index contributed by atoms with van der Waals surface area (Å²) >= 11 is 0. The van der Waals surface area contributed by atoms with Crippen molar-refractivity contribution in [3.63, 3.8) is 0 Å². The van der Waals surface area contributed by atoms with Gasteiger partial charge >= 0.3 is 5.97 Å². The zero-order valence-electron chi connectivity index (χ0n) is 13.4. The lowest BCUT2D eigenvalue weighted by molar-refractivity contribution is -0.148. The maximum atomic E-state index is 11.8. The fourth-order valence-electron chi connectivity index (χ4n) is 2.63. The zero-order valence-corrected chi connectivity index (χ0v) is 13.4. The van der Waals surface area contributed by atoms with Crippen molar-refractivity contribution < 1.29 is 14.6 Å². The molecule has 1 aromatic rings. The van der Waals surface area contributed by atoms with Crippen LogP contribution < -0.4 is 4.90 Å². The van der Waals surface area contributed by atoms with Crippen LogP contribution in [0.15, 0.2) is 12.4 Å². The molecule has 1 aliphatic heterocycles. The molecule has 0 saturated carbocycles. The summed E-state index contributed by atoms with van der Waals surface area (Å²) in [5.41, 5.74) is 0.894. The van der Waals surface area contributed by atoms with Crippen LogP contribution in [-0.2, 0) is 16.0 Å². The van der Waals surface area contributed by atoms with Crippen molar-refractivity contribution in [2.24, 2.45) is 5.92 Å². The molecule has 1 aliphatic rings. The second-order valence-corrected chi connectivity index (χ2v) is 5.77. The third-order valence-electron chi connectivity index (χ3n) is 3.93. The monoisotopic (exact) mass is 307 g/mol. The second-order valence-electron chi connectivity index (χ2n) is 5.77. The summed E-state index contributed by atoms with van der Waals surface area (Å²) in [7, 11) is 0. The van der Waals surface area contributed by atoms with Crippen molar-refractivity contribution >= 4 is 11.8 Å². The van der Waals surface area contributed by atoms with Gasteiger partial charge in [-0.25, -0.2) is 4.98 Å². The lowest BCUT2D eigenvalue weighted by Gasteiger charge is -2.31. The highest BCUT2D eigenvalue weighted by Crippen LogP contribution is 2.22. The summed E-state index contributed by atoms with van der Waals surface area (Å²) in [4.78, 5) is 22.8. The molecule has 0 amide bonds. The molecule has 1 N–H and O–H groups in total. The van der Waals surface area contributed by atoms with E-state index in [1.165, 1.54) is 0 Å². The van der Waals surface area contributed by atoms with Crippen molar-refractivity contribution in [3.8, 4) is 0 Å². The molecule has 1 unspecified atom stereocenters. The second kappa shape index (κ2) is 8.08. The third kappa shape index (κ3) is 4.66. The van der Waals surface area contributed by atoms with Crippen molar-refractivity contribution in [2.45, 2.75) is 45.6 Å². The minimum Gasteiger partial charge on any atom is -0.466 e. The van der Waals surface area contributed by atoms with Gasteiger partial charge in [-0.05, 0) is 39.5 Å². The molecule has 1 atom stereocenters. The molecular weight excluding hydrogens is 282 g/mol. The Morgan fingerprint density at radius 3 is 2.82 bits per heavy atom. The van der Waals surface area contributed by atoms with Gasteiger partial charge in [-0.2, -0.15) is 0 Å². The summed E-state index contributed by atoms with van der Waals surface area (Å²) in [5, 5.41) is 9.35. The molecule has 6 heteroatoms. The predicted octanol–water partition coefficient (Wildman–Crippen LogP) is 1.57. The Bertz CT molecular complexity index is 485. The summed E-state index contributed by atoms with van der Waals surface area (Å²) in [6.45, 7) is 5.63. The summed E-state index contributed by atoms with van der Waals surface area (Å²) in [6.07, 6.45) is 6.16. The van der Waals surface area contributed by atoms with Gasteiger partial charge in [0.2, 0.25) is 0 Å². The average Bonchev–Trinajstić information content (AvgIpc) is 2.53. The SMILES string of the molecule is CCOC(=O)C1CCN(c2cncc(CCC(C)O)n2)CC1. The van der Waals surface area contributed by atoms with Gasteiger partial charge in [-0.1, -0.05) is 0 Å². The Kier molecular flexibility index (Phi) is 6.12. The maximum Gasteiger partial charge on any atom is 0.309 e. The number of piperidine rings is 1. The van der Waals surface area contributed by atoms with E-state index >= 15 is 0 Å². The van der Waals surface area contributed by atoms with Gasteiger partial charge in [0.05, 0.1) is 30.5 Å². The van der Waals surface area contributed by atoms with Crippen molar-refractivity contribution in [3.05, 3.63) is 18.1 Å². The van der Waals surface area contributed by atoms with Crippen LogP contribution in [0.25, 0.3) is 0 Å². The first kappa shape index (κ1) is 16.7. The number of aromatic nitrogens is 2. The van der Waals surface area contributed by atoms with Crippen molar-refractivity contribution in [2.75, 3.05) is 24.6 Å². The van der Waals surface area contributed by atoms with Crippen LogP contribution in [-0.4, -0.2) is 46.8 Å². The van der Waals surface area contributed by atoms with Crippen LogP contribution in [0.5, 0.6) is 0 Å². The summed E-state index contributed by atoms with van der Waals surface area (Å²) in [6, 6.07) is 0. The quantitative estimate of drug-likeness (QED) is 0.804. The number of hydrogen-bond donors (Lipinski definition) is 1. The molecule has 0 spiro atoms. The normalized spacial score (nSPS) is 17.3. The van der Waals surface area contributed by atoms with Crippen LogP contribution in [0.1, 0.15) is 38.8 Å². The standard InChI is InChI=1S/C16H25N3O3/c1-3-22-16(21)13-6-8-19(9-7-13)15-11-17-10-14(18-15)5-4-12(2)20/h10-13,20H,3-9H2,1-2H3. The molecule has 0 bridgehead atoms. The lowest BCUT2D eigenvalue weighted by atomic mass is 9.97. The molecule has 1 aromatic heterocycles.